The molecule has 2 atom stereocenters. The normalized spacial score (nSPS) is 26.9. The molecule has 18 heavy (non-hydrogen) atoms. The van der Waals surface area contributed by atoms with Crippen LogP contribution in [0, 0.1) is 5.41 Å². The zero-order valence-corrected chi connectivity index (χ0v) is 10.5. The zero-order valence-electron chi connectivity index (χ0n) is 10.5. The van der Waals surface area contributed by atoms with Crippen molar-refractivity contribution in [2.45, 2.75) is 32.2 Å². The Hall–Kier alpha value is -1.63. The van der Waals surface area contributed by atoms with Crippen molar-refractivity contribution in [1.82, 2.24) is 4.90 Å². The van der Waals surface area contributed by atoms with Crippen LogP contribution in [0.1, 0.15) is 26.2 Å². The Balaban J connectivity index is 2.87. The van der Waals surface area contributed by atoms with Gasteiger partial charge in [-0.25, -0.2) is 0 Å². The Morgan fingerprint density at radius 1 is 1.22 bits per heavy atom. The molecule has 0 aliphatic heterocycles. The fourth-order valence-corrected chi connectivity index (χ4v) is 2.40. The first-order valence-corrected chi connectivity index (χ1v) is 5.89. The Bertz CT molecular complexity index is 355. The first-order chi connectivity index (χ1) is 8.27. The molecule has 1 aliphatic carbocycles. The molecule has 1 aliphatic rings. The van der Waals surface area contributed by atoms with Crippen LogP contribution in [-0.4, -0.2) is 41.8 Å². The summed E-state index contributed by atoms with van der Waals surface area (Å²) in [6.45, 7) is 1.12. The summed E-state index contributed by atoms with van der Waals surface area (Å²) < 4.78 is 0. The molecule has 3 amide bonds. The number of rotatable bonds is 5. The maximum atomic E-state index is 12.4. The van der Waals surface area contributed by atoms with Gasteiger partial charge in [0.05, 0.1) is 18.5 Å². The van der Waals surface area contributed by atoms with Crippen LogP contribution in [0.25, 0.3) is 0 Å². The SMILES string of the molecule is CC1(C(=O)N(CC(N)=O)CC(N)=O)CCCC1N. The monoisotopic (exact) mass is 256 g/mol. The summed E-state index contributed by atoms with van der Waals surface area (Å²) in [6.07, 6.45) is 2.24. The van der Waals surface area contributed by atoms with E-state index in [0.29, 0.717) is 6.42 Å². The number of nitrogens with zero attached hydrogens (tertiary/aromatic N) is 1. The largest absolute Gasteiger partial charge is 0.368 e. The van der Waals surface area contributed by atoms with Gasteiger partial charge in [0.25, 0.3) is 0 Å². The van der Waals surface area contributed by atoms with Gasteiger partial charge in [-0.05, 0) is 19.8 Å². The van der Waals surface area contributed by atoms with Crippen LogP contribution in [0.15, 0.2) is 0 Å². The maximum Gasteiger partial charge on any atom is 0.237 e. The van der Waals surface area contributed by atoms with E-state index in [1.165, 1.54) is 0 Å². The highest BCUT2D eigenvalue weighted by Crippen LogP contribution is 2.38. The molecule has 1 rings (SSSR count). The van der Waals surface area contributed by atoms with E-state index in [4.69, 9.17) is 17.2 Å². The molecule has 0 aromatic heterocycles. The standard InChI is InChI=1S/C11H20N4O3/c1-11(4-2-3-7(11)12)10(18)15(5-8(13)16)6-9(14)17/h7H,2-6,12H2,1H3,(H2,13,16)(H2,14,17). The summed E-state index contributed by atoms with van der Waals surface area (Å²) in [4.78, 5) is 35.4. The van der Waals surface area contributed by atoms with E-state index >= 15 is 0 Å². The number of nitrogens with two attached hydrogens (primary N) is 3. The van der Waals surface area contributed by atoms with E-state index in [-0.39, 0.29) is 25.0 Å². The van der Waals surface area contributed by atoms with E-state index < -0.39 is 17.2 Å². The molecule has 0 aromatic carbocycles. The molecule has 102 valence electrons. The molecule has 6 N–H and O–H groups in total. The van der Waals surface area contributed by atoms with Crippen molar-refractivity contribution in [3.63, 3.8) is 0 Å². The minimum Gasteiger partial charge on any atom is -0.368 e. The highest BCUT2D eigenvalue weighted by Gasteiger charge is 2.45. The van der Waals surface area contributed by atoms with Gasteiger partial charge in [-0.3, -0.25) is 14.4 Å². The van der Waals surface area contributed by atoms with E-state index in [9.17, 15) is 14.4 Å². The molecule has 0 bridgehead atoms. The third-order valence-corrected chi connectivity index (χ3v) is 3.50. The predicted octanol–water partition coefficient (Wildman–Crippen LogP) is -1.70. The van der Waals surface area contributed by atoms with E-state index in [1.54, 1.807) is 6.92 Å². The van der Waals surface area contributed by atoms with Crippen molar-refractivity contribution in [3.8, 4) is 0 Å². The molecule has 0 aromatic rings. The number of hydrogen-bond acceptors (Lipinski definition) is 4. The van der Waals surface area contributed by atoms with Gasteiger partial charge in [0.2, 0.25) is 17.7 Å². The smallest absolute Gasteiger partial charge is 0.237 e. The first kappa shape index (κ1) is 14.4. The molecule has 2 unspecified atom stereocenters. The topological polar surface area (TPSA) is 133 Å². The number of carbonyl (C=O) groups is 3. The Morgan fingerprint density at radius 2 is 1.72 bits per heavy atom. The van der Waals surface area contributed by atoms with Crippen molar-refractivity contribution >= 4 is 17.7 Å². The second-order valence-corrected chi connectivity index (χ2v) is 5.01. The highest BCUT2D eigenvalue weighted by atomic mass is 16.2. The van der Waals surface area contributed by atoms with E-state index in [1.807, 2.05) is 0 Å². The lowest BCUT2D eigenvalue weighted by molar-refractivity contribution is -0.146. The van der Waals surface area contributed by atoms with Crippen LogP contribution in [0.5, 0.6) is 0 Å². The zero-order chi connectivity index (χ0) is 13.9. The van der Waals surface area contributed by atoms with Gasteiger partial charge < -0.3 is 22.1 Å². The molecule has 1 fully saturated rings. The average Bonchev–Trinajstić information content (AvgIpc) is 2.57. The highest BCUT2D eigenvalue weighted by molar-refractivity contribution is 5.91. The van der Waals surface area contributed by atoms with Crippen molar-refractivity contribution in [2.75, 3.05) is 13.1 Å². The summed E-state index contributed by atoms with van der Waals surface area (Å²) in [5.41, 5.74) is 15.3. The summed E-state index contributed by atoms with van der Waals surface area (Å²) in [6, 6.07) is -0.270. The summed E-state index contributed by atoms with van der Waals surface area (Å²) in [5.74, 6) is -1.69. The number of amides is 3. The molecule has 0 spiro atoms. The Labute approximate surface area is 106 Å². The molecular weight excluding hydrogens is 236 g/mol. The third kappa shape index (κ3) is 2.98. The minimum absolute atomic E-state index is 0.270. The van der Waals surface area contributed by atoms with Crippen LogP contribution in [0.2, 0.25) is 0 Å². The number of carbonyl (C=O) groups excluding carboxylic acids is 3. The Kier molecular flexibility index (Phi) is 4.28. The lowest BCUT2D eigenvalue weighted by atomic mass is 9.83. The van der Waals surface area contributed by atoms with Gasteiger partial charge in [-0.1, -0.05) is 6.42 Å². The molecule has 1 saturated carbocycles. The lowest BCUT2D eigenvalue weighted by Crippen LogP contribution is -2.53. The first-order valence-electron chi connectivity index (χ1n) is 5.89. The van der Waals surface area contributed by atoms with E-state index in [2.05, 4.69) is 0 Å². The van der Waals surface area contributed by atoms with Crippen LogP contribution < -0.4 is 17.2 Å². The maximum absolute atomic E-state index is 12.4. The van der Waals surface area contributed by atoms with Gasteiger partial charge >= 0.3 is 0 Å². The molecule has 0 radical (unpaired) electrons. The second-order valence-electron chi connectivity index (χ2n) is 5.01. The average molecular weight is 256 g/mol. The van der Waals surface area contributed by atoms with Crippen molar-refractivity contribution in [3.05, 3.63) is 0 Å². The molecule has 0 saturated heterocycles. The number of hydrogen-bond donors (Lipinski definition) is 3. The third-order valence-electron chi connectivity index (χ3n) is 3.50. The minimum atomic E-state index is -0.745. The lowest BCUT2D eigenvalue weighted by Gasteiger charge is -2.33. The van der Waals surface area contributed by atoms with Crippen molar-refractivity contribution < 1.29 is 14.4 Å². The number of primary amides is 2. The molecule has 7 heteroatoms. The van der Waals surface area contributed by atoms with Gasteiger partial charge in [0.15, 0.2) is 0 Å². The molecule has 7 nitrogen and oxygen atoms in total. The van der Waals surface area contributed by atoms with Gasteiger partial charge in [-0.2, -0.15) is 0 Å². The van der Waals surface area contributed by atoms with E-state index in [0.717, 1.165) is 17.7 Å². The predicted molar refractivity (Wildman–Crippen MR) is 64.9 cm³/mol. The summed E-state index contributed by atoms with van der Waals surface area (Å²) in [5, 5.41) is 0. The summed E-state index contributed by atoms with van der Waals surface area (Å²) in [7, 11) is 0. The van der Waals surface area contributed by atoms with Crippen molar-refractivity contribution in [1.29, 1.82) is 0 Å². The molecular formula is C11H20N4O3. The van der Waals surface area contributed by atoms with Crippen LogP contribution in [-0.2, 0) is 14.4 Å². The van der Waals surface area contributed by atoms with Crippen LogP contribution in [0.4, 0.5) is 0 Å². The van der Waals surface area contributed by atoms with Crippen LogP contribution in [0.3, 0.4) is 0 Å². The second kappa shape index (κ2) is 5.34. The van der Waals surface area contributed by atoms with Crippen molar-refractivity contribution in [2.24, 2.45) is 22.6 Å². The Morgan fingerprint density at radius 3 is 2.06 bits per heavy atom. The van der Waals surface area contributed by atoms with Gasteiger partial charge in [0.1, 0.15) is 0 Å². The fraction of sp³-hybridized carbons (Fsp3) is 0.727. The quantitative estimate of drug-likeness (QED) is 0.541. The fourth-order valence-electron chi connectivity index (χ4n) is 2.40. The van der Waals surface area contributed by atoms with Crippen LogP contribution >= 0.6 is 0 Å². The summed E-state index contributed by atoms with van der Waals surface area (Å²) >= 11 is 0. The molecule has 0 heterocycles. The van der Waals surface area contributed by atoms with Gasteiger partial charge in [0, 0.05) is 6.04 Å². The van der Waals surface area contributed by atoms with Gasteiger partial charge in [-0.15, -0.1) is 0 Å².